The third-order valence-corrected chi connectivity index (χ3v) is 6.18. The van der Waals surface area contributed by atoms with E-state index in [1.807, 2.05) is 6.07 Å². The molecule has 0 saturated heterocycles. The summed E-state index contributed by atoms with van der Waals surface area (Å²) in [6.45, 7) is 0. The number of benzene rings is 2. The highest BCUT2D eigenvalue weighted by Gasteiger charge is 2.40. The van der Waals surface area contributed by atoms with Crippen LogP contribution in [0.1, 0.15) is 17.9 Å². The Balaban J connectivity index is 1.91. The van der Waals surface area contributed by atoms with E-state index in [9.17, 15) is 22.9 Å². The monoisotopic (exact) mass is 395 g/mol. The van der Waals surface area contributed by atoms with Crippen LogP contribution in [0.25, 0.3) is 0 Å². The largest absolute Gasteiger partial charge is 0.381 e. The van der Waals surface area contributed by atoms with Gasteiger partial charge in [0.25, 0.3) is 15.7 Å². The molecule has 8 nitrogen and oxygen atoms in total. The molecule has 144 valence electrons. The first kappa shape index (κ1) is 19.2. The molecule has 2 atom stereocenters. The molecule has 0 amide bonds. The van der Waals surface area contributed by atoms with E-state index >= 15 is 0 Å². The summed E-state index contributed by atoms with van der Waals surface area (Å²) in [7, 11) is -1.72. The molecule has 0 heterocycles. The van der Waals surface area contributed by atoms with Gasteiger partial charge in [-0.25, -0.2) is 12.8 Å². The molecule has 0 unspecified atom stereocenters. The minimum atomic E-state index is -4.10. The van der Waals surface area contributed by atoms with Crippen molar-refractivity contribution < 1.29 is 22.6 Å². The number of rotatable bonds is 7. The molecule has 1 aliphatic carbocycles. The number of non-ortho nitro benzene ring substituents is 1. The van der Waals surface area contributed by atoms with Crippen LogP contribution < -0.4 is 5.32 Å². The molecule has 27 heavy (non-hydrogen) atoms. The van der Waals surface area contributed by atoms with E-state index in [0.29, 0.717) is 10.9 Å². The molecular weight excluding hydrogens is 377 g/mol. The fourth-order valence-corrected chi connectivity index (χ4v) is 4.00. The number of hydroxylamine groups is 1. The Labute approximate surface area is 155 Å². The summed E-state index contributed by atoms with van der Waals surface area (Å²) < 4.78 is 39.3. The second-order valence-corrected chi connectivity index (χ2v) is 8.09. The van der Waals surface area contributed by atoms with Crippen LogP contribution in [0, 0.1) is 15.9 Å². The highest BCUT2D eigenvalue weighted by molar-refractivity contribution is 7.89. The van der Waals surface area contributed by atoms with Crippen LogP contribution in [0.5, 0.6) is 0 Å². The predicted molar refractivity (Wildman–Crippen MR) is 96.2 cm³/mol. The zero-order chi connectivity index (χ0) is 19.8. The molecule has 1 fully saturated rings. The van der Waals surface area contributed by atoms with Crippen LogP contribution in [-0.4, -0.2) is 38.0 Å². The third-order valence-electron chi connectivity index (χ3n) is 4.46. The van der Waals surface area contributed by atoms with Gasteiger partial charge in [-0.3, -0.25) is 15.0 Å². The second-order valence-electron chi connectivity index (χ2n) is 6.18. The van der Waals surface area contributed by atoms with Gasteiger partial charge in [0.15, 0.2) is 0 Å². The first-order chi connectivity index (χ1) is 12.7. The van der Waals surface area contributed by atoms with Crippen molar-refractivity contribution in [3.05, 3.63) is 64.0 Å². The Bertz CT molecular complexity index is 982. The average molecular weight is 395 g/mol. The summed E-state index contributed by atoms with van der Waals surface area (Å²) in [5, 5.41) is 14.1. The van der Waals surface area contributed by atoms with E-state index in [-0.39, 0.29) is 34.0 Å². The molecule has 0 bridgehead atoms. The maximum absolute atomic E-state index is 13.4. The van der Waals surface area contributed by atoms with E-state index < -0.39 is 14.9 Å². The zero-order valence-electron chi connectivity index (χ0n) is 14.6. The summed E-state index contributed by atoms with van der Waals surface area (Å²) in [5.74, 6) is -0.301. The van der Waals surface area contributed by atoms with Gasteiger partial charge in [0.2, 0.25) is 0 Å². The van der Waals surface area contributed by atoms with Gasteiger partial charge in [0.1, 0.15) is 10.7 Å². The summed E-state index contributed by atoms with van der Waals surface area (Å²) in [5.41, 5.74) is 0.697. The normalized spacial score (nSPS) is 19.1. The first-order valence-corrected chi connectivity index (χ1v) is 9.51. The van der Waals surface area contributed by atoms with Crippen molar-refractivity contribution in [2.45, 2.75) is 23.3 Å². The average Bonchev–Trinajstić information content (AvgIpc) is 3.40. The number of nitro groups is 1. The lowest BCUT2D eigenvalue weighted by Crippen LogP contribution is -2.27. The standard InChI is InChI=1S/C17H18FN3O5S/c1-20(26-2)27(24,25)17-9-13(21(22)23)6-7-15(17)19-16-10-14(16)11-4-3-5-12(18)8-11/h3-9,14,16,19H,10H2,1-2H3/t14-,16+/m0/s1. The van der Waals surface area contributed by atoms with Crippen molar-refractivity contribution in [3.8, 4) is 0 Å². The minimum absolute atomic E-state index is 0.0339. The molecule has 10 heteroatoms. The van der Waals surface area contributed by atoms with Gasteiger partial charge in [-0.1, -0.05) is 16.6 Å². The minimum Gasteiger partial charge on any atom is -0.381 e. The van der Waals surface area contributed by atoms with E-state index in [1.165, 1.54) is 38.4 Å². The summed E-state index contributed by atoms with van der Waals surface area (Å²) in [6, 6.07) is 9.71. The van der Waals surface area contributed by atoms with Gasteiger partial charge in [-0.05, 0) is 30.2 Å². The molecule has 0 spiro atoms. The lowest BCUT2D eigenvalue weighted by molar-refractivity contribution is -0.385. The van der Waals surface area contributed by atoms with E-state index in [2.05, 4.69) is 5.32 Å². The maximum Gasteiger partial charge on any atom is 0.270 e. The van der Waals surface area contributed by atoms with Crippen molar-refractivity contribution in [1.82, 2.24) is 4.47 Å². The van der Waals surface area contributed by atoms with Crippen LogP contribution in [0.2, 0.25) is 0 Å². The van der Waals surface area contributed by atoms with Crippen molar-refractivity contribution >= 4 is 21.4 Å². The number of nitro benzene ring substituents is 1. The smallest absolute Gasteiger partial charge is 0.270 e. The number of hydrogen-bond acceptors (Lipinski definition) is 6. The second kappa shape index (κ2) is 7.22. The number of hydrogen-bond donors (Lipinski definition) is 1. The summed E-state index contributed by atoms with van der Waals surface area (Å²) in [6.07, 6.45) is 0.694. The molecule has 1 N–H and O–H groups in total. The Kier molecular flexibility index (Phi) is 5.13. The fraction of sp³-hybridized carbons (Fsp3) is 0.294. The predicted octanol–water partition coefficient (Wildman–Crippen LogP) is 2.88. The van der Waals surface area contributed by atoms with E-state index in [4.69, 9.17) is 4.84 Å². The van der Waals surface area contributed by atoms with Crippen molar-refractivity contribution in [1.29, 1.82) is 0 Å². The Morgan fingerprint density at radius 2 is 2.04 bits per heavy atom. The molecule has 2 aromatic rings. The van der Waals surface area contributed by atoms with Crippen molar-refractivity contribution in [3.63, 3.8) is 0 Å². The van der Waals surface area contributed by atoms with Crippen LogP contribution in [0.3, 0.4) is 0 Å². The van der Waals surface area contributed by atoms with Crippen molar-refractivity contribution in [2.24, 2.45) is 0 Å². The van der Waals surface area contributed by atoms with Gasteiger partial charge < -0.3 is 5.32 Å². The number of halogens is 1. The van der Waals surface area contributed by atoms with Crippen LogP contribution in [0.4, 0.5) is 15.8 Å². The highest BCUT2D eigenvalue weighted by Crippen LogP contribution is 2.44. The van der Waals surface area contributed by atoms with E-state index in [0.717, 1.165) is 11.6 Å². The molecule has 1 saturated carbocycles. The van der Waals surface area contributed by atoms with Gasteiger partial charge in [0.05, 0.1) is 17.7 Å². The van der Waals surface area contributed by atoms with Crippen LogP contribution >= 0.6 is 0 Å². The van der Waals surface area contributed by atoms with Crippen LogP contribution in [-0.2, 0) is 14.9 Å². The highest BCUT2D eigenvalue weighted by atomic mass is 32.2. The maximum atomic E-state index is 13.4. The van der Waals surface area contributed by atoms with Gasteiger partial charge in [-0.2, -0.15) is 0 Å². The van der Waals surface area contributed by atoms with Crippen LogP contribution in [0.15, 0.2) is 47.4 Å². The first-order valence-electron chi connectivity index (χ1n) is 8.07. The molecule has 0 aromatic heterocycles. The summed E-state index contributed by atoms with van der Waals surface area (Å²) >= 11 is 0. The third kappa shape index (κ3) is 3.92. The molecule has 0 aliphatic heterocycles. The van der Waals surface area contributed by atoms with Gasteiger partial charge in [0, 0.05) is 31.1 Å². The fourth-order valence-electron chi connectivity index (χ4n) is 2.85. The lowest BCUT2D eigenvalue weighted by atomic mass is 10.1. The van der Waals surface area contributed by atoms with Gasteiger partial charge in [-0.15, -0.1) is 0 Å². The molecule has 1 aliphatic rings. The van der Waals surface area contributed by atoms with Gasteiger partial charge >= 0.3 is 0 Å². The number of nitrogens with zero attached hydrogens (tertiary/aromatic N) is 2. The number of nitrogens with one attached hydrogen (secondary N) is 1. The topological polar surface area (TPSA) is 102 Å². The molecule has 3 rings (SSSR count). The molecule has 0 radical (unpaired) electrons. The summed E-state index contributed by atoms with van der Waals surface area (Å²) in [4.78, 5) is 14.9. The SMILES string of the molecule is CON(C)S(=O)(=O)c1cc([N+](=O)[O-])ccc1N[C@@H]1C[C@H]1c1cccc(F)c1. The van der Waals surface area contributed by atoms with E-state index in [1.54, 1.807) is 6.07 Å². The zero-order valence-corrected chi connectivity index (χ0v) is 15.4. The van der Waals surface area contributed by atoms with Crippen molar-refractivity contribution in [2.75, 3.05) is 19.5 Å². The Hall–Kier alpha value is -2.56. The Morgan fingerprint density at radius 3 is 2.67 bits per heavy atom. The quantitative estimate of drug-likeness (QED) is 0.571. The number of sulfonamides is 1. The number of anilines is 1. The lowest BCUT2D eigenvalue weighted by Gasteiger charge is -2.17. The molecular formula is C17H18FN3O5S. The molecule has 2 aromatic carbocycles. The Morgan fingerprint density at radius 1 is 1.30 bits per heavy atom.